The molecule has 3 aromatic rings. The van der Waals surface area contributed by atoms with Crippen LogP contribution in [0.1, 0.15) is 23.6 Å². The molecule has 6 heteroatoms. The van der Waals surface area contributed by atoms with Crippen LogP contribution >= 0.6 is 11.6 Å². The van der Waals surface area contributed by atoms with Crippen LogP contribution < -0.4 is 10.1 Å². The van der Waals surface area contributed by atoms with Gasteiger partial charge in [-0.2, -0.15) is 0 Å². The van der Waals surface area contributed by atoms with Crippen LogP contribution in [0.2, 0.25) is 5.02 Å². The van der Waals surface area contributed by atoms with E-state index in [2.05, 4.69) is 5.32 Å². The molecular weight excluding hydrogens is 436 g/mol. The van der Waals surface area contributed by atoms with E-state index in [9.17, 15) is 9.59 Å². The van der Waals surface area contributed by atoms with Gasteiger partial charge in [0.1, 0.15) is 11.8 Å². The highest BCUT2D eigenvalue weighted by Crippen LogP contribution is 2.21. The summed E-state index contributed by atoms with van der Waals surface area (Å²) in [5, 5.41) is 3.43. The van der Waals surface area contributed by atoms with Crippen LogP contribution in [0.25, 0.3) is 0 Å². The van der Waals surface area contributed by atoms with E-state index in [1.165, 1.54) is 0 Å². The molecule has 0 fully saturated rings. The highest BCUT2D eigenvalue weighted by Gasteiger charge is 2.30. The molecule has 0 saturated carbocycles. The zero-order chi connectivity index (χ0) is 23.6. The summed E-state index contributed by atoms with van der Waals surface area (Å²) in [6.07, 6.45) is 0.513. The molecule has 0 aromatic heterocycles. The lowest BCUT2D eigenvalue weighted by atomic mass is 10.0. The quantitative estimate of drug-likeness (QED) is 0.474. The van der Waals surface area contributed by atoms with Gasteiger partial charge < -0.3 is 15.0 Å². The molecule has 172 valence electrons. The van der Waals surface area contributed by atoms with Crippen molar-refractivity contribution in [2.75, 3.05) is 13.7 Å². The van der Waals surface area contributed by atoms with Crippen LogP contribution in [0.15, 0.2) is 78.9 Å². The molecule has 0 aliphatic heterocycles. The summed E-state index contributed by atoms with van der Waals surface area (Å²) in [7, 11) is 1.60. The first-order valence-electron chi connectivity index (χ1n) is 11.0. The standard InChI is InChI=1S/C27H29ClN2O3/c1-3-29-27(32)25(17-20-10-5-4-6-11-20)30(19-21-12-9-14-23(16-21)33-2)26(31)18-22-13-7-8-15-24(22)28/h4-16,25H,3,17-19H2,1-2H3,(H,29,32). The Morgan fingerprint density at radius 2 is 1.67 bits per heavy atom. The molecule has 3 rings (SSSR count). The van der Waals surface area contributed by atoms with Gasteiger partial charge in [-0.25, -0.2) is 0 Å². The van der Waals surface area contributed by atoms with Crippen molar-refractivity contribution in [2.24, 2.45) is 0 Å². The normalized spacial score (nSPS) is 11.5. The predicted octanol–water partition coefficient (Wildman–Crippen LogP) is 4.67. The molecule has 0 spiro atoms. The summed E-state index contributed by atoms with van der Waals surface area (Å²) in [5.41, 5.74) is 2.59. The van der Waals surface area contributed by atoms with Gasteiger partial charge in [-0.3, -0.25) is 9.59 Å². The van der Waals surface area contributed by atoms with E-state index in [0.717, 1.165) is 16.7 Å². The fourth-order valence-electron chi connectivity index (χ4n) is 3.72. The Kier molecular flexibility index (Phi) is 8.90. The number of benzene rings is 3. The number of rotatable bonds is 10. The average molecular weight is 465 g/mol. The number of amides is 2. The van der Waals surface area contributed by atoms with E-state index in [1.807, 2.05) is 79.7 Å². The molecule has 0 bridgehead atoms. The Labute approximate surface area is 200 Å². The van der Waals surface area contributed by atoms with Crippen LogP contribution in [0.5, 0.6) is 5.75 Å². The summed E-state index contributed by atoms with van der Waals surface area (Å²) in [5.74, 6) is 0.346. The van der Waals surface area contributed by atoms with Crippen molar-refractivity contribution >= 4 is 23.4 Å². The molecule has 3 aromatic carbocycles. The molecular formula is C27H29ClN2O3. The van der Waals surface area contributed by atoms with Crippen molar-refractivity contribution in [1.29, 1.82) is 0 Å². The smallest absolute Gasteiger partial charge is 0.243 e. The maximum Gasteiger partial charge on any atom is 0.243 e. The molecule has 0 aliphatic rings. The van der Waals surface area contributed by atoms with Gasteiger partial charge in [0, 0.05) is 24.5 Å². The van der Waals surface area contributed by atoms with Crippen LogP contribution in [0.4, 0.5) is 0 Å². The van der Waals surface area contributed by atoms with E-state index < -0.39 is 6.04 Å². The highest BCUT2D eigenvalue weighted by molar-refractivity contribution is 6.31. The van der Waals surface area contributed by atoms with Gasteiger partial charge in [-0.05, 0) is 41.8 Å². The number of carbonyl (C=O) groups is 2. The number of carbonyl (C=O) groups excluding carboxylic acids is 2. The molecule has 1 unspecified atom stereocenters. The Hall–Kier alpha value is -3.31. The lowest BCUT2D eigenvalue weighted by Gasteiger charge is -2.31. The number of hydrogen-bond acceptors (Lipinski definition) is 3. The van der Waals surface area contributed by atoms with Crippen LogP contribution in [-0.4, -0.2) is 36.4 Å². The van der Waals surface area contributed by atoms with Gasteiger partial charge in [-0.15, -0.1) is 0 Å². The Morgan fingerprint density at radius 1 is 0.970 bits per heavy atom. The maximum atomic E-state index is 13.6. The number of hydrogen-bond donors (Lipinski definition) is 1. The highest BCUT2D eigenvalue weighted by atomic mass is 35.5. The van der Waals surface area contributed by atoms with Crippen LogP contribution in [0, 0.1) is 0 Å². The van der Waals surface area contributed by atoms with Crippen molar-refractivity contribution in [2.45, 2.75) is 32.4 Å². The average Bonchev–Trinajstić information content (AvgIpc) is 2.83. The summed E-state index contributed by atoms with van der Waals surface area (Å²) in [6.45, 7) is 2.63. The van der Waals surface area contributed by atoms with E-state index >= 15 is 0 Å². The van der Waals surface area contributed by atoms with E-state index in [1.54, 1.807) is 18.1 Å². The number of halogens is 1. The van der Waals surface area contributed by atoms with Crippen molar-refractivity contribution in [1.82, 2.24) is 10.2 Å². The summed E-state index contributed by atoms with van der Waals surface area (Å²) < 4.78 is 5.35. The molecule has 1 N–H and O–H groups in total. The fraction of sp³-hybridized carbons (Fsp3) is 0.259. The molecule has 1 atom stereocenters. The van der Waals surface area contributed by atoms with Gasteiger partial charge in [-0.1, -0.05) is 72.3 Å². The first kappa shape index (κ1) is 24.3. The zero-order valence-electron chi connectivity index (χ0n) is 19.0. The minimum Gasteiger partial charge on any atom is -0.497 e. The van der Waals surface area contributed by atoms with Crippen LogP contribution in [-0.2, 0) is 29.0 Å². The minimum absolute atomic E-state index is 0.105. The topological polar surface area (TPSA) is 58.6 Å². The Bertz CT molecular complexity index is 1070. The van der Waals surface area contributed by atoms with Gasteiger partial charge in [0.15, 0.2) is 0 Å². The molecule has 5 nitrogen and oxygen atoms in total. The SMILES string of the molecule is CCNC(=O)C(Cc1ccccc1)N(Cc1cccc(OC)c1)C(=O)Cc1ccccc1Cl. The molecule has 0 aliphatic carbocycles. The molecule has 0 saturated heterocycles. The summed E-state index contributed by atoms with van der Waals surface area (Å²) in [6, 6.07) is 23.9. The lowest BCUT2D eigenvalue weighted by molar-refractivity contribution is -0.140. The van der Waals surface area contributed by atoms with E-state index in [-0.39, 0.29) is 24.8 Å². The third kappa shape index (κ3) is 6.83. The predicted molar refractivity (Wildman–Crippen MR) is 131 cm³/mol. The Morgan fingerprint density at radius 3 is 2.36 bits per heavy atom. The van der Waals surface area contributed by atoms with Gasteiger partial charge >= 0.3 is 0 Å². The Balaban J connectivity index is 1.97. The third-order valence-corrected chi connectivity index (χ3v) is 5.78. The van der Waals surface area contributed by atoms with E-state index in [4.69, 9.17) is 16.3 Å². The second-order valence-electron chi connectivity index (χ2n) is 7.74. The maximum absolute atomic E-state index is 13.6. The number of nitrogens with zero attached hydrogens (tertiary/aromatic N) is 1. The molecule has 0 heterocycles. The lowest BCUT2D eigenvalue weighted by Crippen LogP contribution is -2.51. The summed E-state index contributed by atoms with van der Waals surface area (Å²) >= 11 is 6.33. The number of likely N-dealkylation sites (N-methyl/N-ethyl adjacent to an activating group) is 1. The van der Waals surface area contributed by atoms with Crippen LogP contribution in [0.3, 0.4) is 0 Å². The van der Waals surface area contributed by atoms with Crippen molar-refractivity contribution in [3.05, 3.63) is 101 Å². The second kappa shape index (κ2) is 12.1. The second-order valence-corrected chi connectivity index (χ2v) is 8.15. The first-order valence-corrected chi connectivity index (χ1v) is 11.4. The van der Waals surface area contributed by atoms with Gasteiger partial charge in [0.2, 0.25) is 11.8 Å². The molecule has 2 amide bonds. The van der Waals surface area contributed by atoms with Crippen molar-refractivity contribution in [3.8, 4) is 5.75 Å². The molecule has 0 radical (unpaired) electrons. The fourth-order valence-corrected chi connectivity index (χ4v) is 3.92. The first-order chi connectivity index (χ1) is 16.0. The largest absolute Gasteiger partial charge is 0.497 e. The van der Waals surface area contributed by atoms with Crippen molar-refractivity contribution < 1.29 is 14.3 Å². The van der Waals surface area contributed by atoms with Gasteiger partial charge in [0.25, 0.3) is 0 Å². The number of nitrogens with one attached hydrogen (secondary N) is 1. The van der Waals surface area contributed by atoms with Crippen molar-refractivity contribution in [3.63, 3.8) is 0 Å². The molecule has 33 heavy (non-hydrogen) atoms. The van der Waals surface area contributed by atoms with Gasteiger partial charge in [0.05, 0.1) is 13.5 Å². The summed E-state index contributed by atoms with van der Waals surface area (Å²) in [4.78, 5) is 28.4. The number of ether oxygens (including phenoxy) is 1. The minimum atomic E-state index is -0.673. The third-order valence-electron chi connectivity index (χ3n) is 5.41. The zero-order valence-corrected chi connectivity index (χ0v) is 19.7. The number of methoxy groups -OCH3 is 1. The van der Waals surface area contributed by atoms with E-state index in [0.29, 0.717) is 23.7 Å². The monoisotopic (exact) mass is 464 g/mol.